The summed E-state index contributed by atoms with van der Waals surface area (Å²) in [7, 11) is -16.8. The number of nitrogens with two attached hydrogens (primary N) is 1. The maximum atomic E-state index is 12.0. The molecule has 23 heteroatoms. The van der Waals surface area contributed by atoms with Gasteiger partial charge in [0, 0.05) is 0 Å². The molecule has 5 unspecified atom stereocenters. The largest absolute Gasteiger partial charge is 0.756 e. The van der Waals surface area contributed by atoms with Crippen molar-refractivity contribution in [2.24, 2.45) is 0 Å². The number of hydrogen-bond donors (Lipinski definition) is 5. The lowest BCUT2D eigenvalue weighted by Crippen LogP contribution is -2.34. The van der Waals surface area contributed by atoms with Crippen LogP contribution in [0.25, 0.3) is 11.2 Å². The Balaban J connectivity index is 1.80. The van der Waals surface area contributed by atoms with E-state index in [9.17, 15) is 43.4 Å². The third-order valence-corrected chi connectivity index (χ3v) is 7.80. The second kappa shape index (κ2) is 9.36. The zero-order valence-electron chi connectivity index (χ0n) is 16.5. The van der Waals surface area contributed by atoms with Gasteiger partial charge in [0.2, 0.25) is 5.95 Å². The van der Waals surface area contributed by atoms with E-state index in [0.717, 1.165) is 11.7 Å². The van der Waals surface area contributed by atoms with Crippen molar-refractivity contribution in [1.82, 2.24) is 19.5 Å². The molecule has 0 bridgehead atoms. The predicted molar refractivity (Wildman–Crippen MR) is 98.2 cm³/mol. The van der Waals surface area contributed by atoms with Crippen LogP contribution >= 0.6 is 23.5 Å². The highest BCUT2D eigenvalue weighted by molar-refractivity contribution is 7.65. The van der Waals surface area contributed by atoms with Crippen molar-refractivity contribution in [3.8, 4) is 6.01 Å². The molecule has 0 spiro atoms. The highest BCUT2D eigenvalue weighted by atomic mass is 31.3. The monoisotopic (exact) mass is 550 g/mol. The first kappa shape index (κ1) is 26.8. The molecule has 192 valence electrons. The van der Waals surface area contributed by atoms with E-state index in [1.807, 2.05) is 0 Å². The van der Waals surface area contributed by atoms with Crippen LogP contribution < -0.4 is 30.7 Å². The number of hydrogen-bond acceptors (Lipinski definition) is 17. The Morgan fingerprint density at radius 1 is 1.15 bits per heavy atom. The average molecular weight is 550 g/mol. The lowest BCUT2D eigenvalue weighted by Gasteiger charge is -2.33. The summed E-state index contributed by atoms with van der Waals surface area (Å²) in [6.45, 7) is -1.16. The Kier molecular flexibility index (Phi) is 7.39. The number of aliphatic hydroxyl groups is 2. The number of ether oxygens (including phenoxy) is 2. The van der Waals surface area contributed by atoms with Crippen LogP contribution in [0, 0.1) is 0 Å². The Hall–Kier alpha value is -1.76. The summed E-state index contributed by atoms with van der Waals surface area (Å²) < 4.78 is 55.5. The minimum absolute atomic E-state index is 0.232. The van der Waals surface area contributed by atoms with Crippen molar-refractivity contribution < 1.29 is 66.1 Å². The van der Waals surface area contributed by atoms with Gasteiger partial charge in [-0.25, -0.2) is 13.2 Å². The number of nitrogen functional groups attached to an aromatic ring is 1. The number of rotatable bonds is 9. The first-order valence-electron chi connectivity index (χ1n) is 8.60. The highest BCUT2D eigenvalue weighted by Crippen LogP contribution is 2.61. The maximum absolute atomic E-state index is 12.0. The average Bonchev–Trinajstić information content (AvgIpc) is 3.15. The van der Waals surface area contributed by atoms with E-state index in [1.54, 1.807) is 0 Å². The molecule has 0 radical (unpaired) electrons. The molecular formula is C11H15N5O15P3-3. The molecular weight excluding hydrogens is 535 g/mol. The van der Waals surface area contributed by atoms with Crippen molar-refractivity contribution >= 4 is 40.6 Å². The lowest BCUT2D eigenvalue weighted by molar-refractivity contribution is -0.250. The van der Waals surface area contributed by atoms with Crippen LogP contribution in [0.3, 0.4) is 0 Å². The van der Waals surface area contributed by atoms with Crippen LogP contribution in [0.5, 0.6) is 6.01 Å². The smallest absolute Gasteiger partial charge is 0.300 e. The highest BCUT2D eigenvalue weighted by Gasteiger charge is 2.46. The molecule has 2 aromatic rings. The summed E-state index contributed by atoms with van der Waals surface area (Å²) in [5.41, 5.74) is 4.22. The number of nitrogens with one attached hydrogen (secondary N) is 1. The van der Waals surface area contributed by atoms with Gasteiger partial charge in [0.05, 0.1) is 13.7 Å². The van der Waals surface area contributed by atoms with Gasteiger partial charge in [-0.15, -0.1) is 0 Å². The van der Waals surface area contributed by atoms with Crippen molar-refractivity contribution in [1.29, 1.82) is 0 Å². The standard InChI is InChI=1S/C11H18N5O15P3/c1-27-11-13-4-7(14-10(12)15-8(4)19)16(11)9-6(18)5(17)3(29-9)2-28-33(23,24)31-34(25,26)30-32(20,21)22/h3,5-6,9,17-18H,2H2,1H3,(H,23,24)(H,25,26)(H2,20,21,22)(H3,12,14,15,19)/p-3/t3-,5?,6?,9-/m1/s1. The van der Waals surface area contributed by atoms with E-state index in [0.29, 0.717) is 0 Å². The number of nitrogens with zero attached hydrogens (tertiary/aromatic N) is 3. The van der Waals surface area contributed by atoms with Crippen LogP contribution in [0.2, 0.25) is 0 Å². The van der Waals surface area contributed by atoms with E-state index in [4.69, 9.17) is 20.1 Å². The number of aromatic nitrogens is 4. The van der Waals surface area contributed by atoms with Crippen molar-refractivity contribution in [2.45, 2.75) is 24.5 Å². The SMILES string of the molecule is COc1nc2c(=O)[nH]c(N)nc2n1[C@@H]1O[C@H](COP(=O)([O-])OP(=O)([O-])OP(=O)([O-])O)C(O)C1O. The second-order valence-corrected chi connectivity index (χ2v) is 10.8. The van der Waals surface area contributed by atoms with Crippen LogP contribution in [-0.4, -0.2) is 66.7 Å². The van der Waals surface area contributed by atoms with Gasteiger partial charge in [-0.1, -0.05) is 0 Å². The number of anilines is 1. The van der Waals surface area contributed by atoms with Crippen LogP contribution in [0.4, 0.5) is 5.95 Å². The Morgan fingerprint density at radius 2 is 1.79 bits per heavy atom. The maximum Gasteiger partial charge on any atom is 0.300 e. The van der Waals surface area contributed by atoms with Gasteiger partial charge in [-0.2, -0.15) is 9.97 Å². The normalized spacial score (nSPS) is 28.3. The van der Waals surface area contributed by atoms with Crippen LogP contribution in [0.1, 0.15) is 6.23 Å². The van der Waals surface area contributed by atoms with Crippen LogP contribution in [0.15, 0.2) is 4.79 Å². The molecule has 34 heavy (non-hydrogen) atoms. The molecule has 1 saturated heterocycles. The summed E-state index contributed by atoms with van der Waals surface area (Å²) >= 11 is 0. The molecule has 1 aliphatic heterocycles. The molecule has 0 saturated carbocycles. The van der Waals surface area contributed by atoms with Gasteiger partial charge in [0.15, 0.2) is 17.4 Å². The fraction of sp³-hybridized carbons (Fsp3) is 0.545. The summed E-state index contributed by atoms with van der Waals surface area (Å²) in [4.78, 5) is 63.7. The fourth-order valence-electron chi connectivity index (χ4n) is 2.89. The van der Waals surface area contributed by atoms with Crippen molar-refractivity contribution in [3.05, 3.63) is 10.4 Å². The van der Waals surface area contributed by atoms with E-state index in [-0.39, 0.29) is 23.1 Å². The zero-order chi connectivity index (χ0) is 25.6. The van der Waals surface area contributed by atoms with Gasteiger partial charge in [0.25, 0.3) is 29.0 Å². The molecule has 7 atom stereocenters. The molecule has 6 N–H and O–H groups in total. The molecule has 2 aromatic heterocycles. The zero-order valence-corrected chi connectivity index (χ0v) is 19.2. The van der Waals surface area contributed by atoms with Crippen molar-refractivity contribution in [3.63, 3.8) is 0 Å². The van der Waals surface area contributed by atoms with Crippen molar-refractivity contribution in [2.75, 3.05) is 19.5 Å². The summed E-state index contributed by atoms with van der Waals surface area (Å²) in [5, 5.41) is 20.6. The topological polar surface area (TPSA) is 317 Å². The van der Waals surface area contributed by atoms with E-state index in [2.05, 4.69) is 28.1 Å². The summed E-state index contributed by atoms with van der Waals surface area (Å²) in [6, 6.07) is -0.315. The molecule has 1 fully saturated rings. The number of fused-ring (bicyclic) bond motifs is 1. The summed E-state index contributed by atoms with van der Waals surface area (Å²) in [6.07, 6.45) is -6.92. The first-order valence-corrected chi connectivity index (χ1v) is 13.0. The fourth-order valence-corrected chi connectivity index (χ4v) is 5.78. The van der Waals surface area contributed by atoms with E-state index >= 15 is 0 Å². The number of aromatic amines is 1. The number of H-pyrrole nitrogens is 1. The van der Waals surface area contributed by atoms with Crippen LogP contribution in [-0.2, 0) is 31.6 Å². The minimum Gasteiger partial charge on any atom is -0.756 e. The Labute approximate surface area is 187 Å². The number of phosphoric ester groups is 1. The molecule has 1 aliphatic rings. The van der Waals surface area contributed by atoms with E-state index in [1.165, 1.54) is 0 Å². The molecule has 0 aromatic carbocycles. The van der Waals surface area contributed by atoms with E-state index < -0.39 is 60.2 Å². The van der Waals surface area contributed by atoms with Gasteiger partial charge >= 0.3 is 6.01 Å². The van der Waals surface area contributed by atoms with Gasteiger partial charge in [0.1, 0.15) is 18.3 Å². The minimum atomic E-state index is -6.13. The van der Waals surface area contributed by atoms with Gasteiger partial charge in [-0.05, 0) is 0 Å². The number of phosphoric acid groups is 3. The quantitative estimate of drug-likeness (QED) is 0.185. The molecule has 3 rings (SSSR count). The summed E-state index contributed by atoms with van der Waals surface area (Å²) in [5.74, 6) is -0.339. The van der Waals surface area contributed by atoms with Gasteiger partial charge < -0.3 is 49.5 Å². The third-order valence-electron chi connectivity index (χ3n) is 4.11. The first-order chi connectivity index (χ1) is 15.5. The number of imidazole rings is 1. The molecule has 0 amide bonds. The Bertz CT molecular complexity index is 1270. The second-order valence-electron chi connectivity index (χ2n) is 6.46. The number of aliphatic hydroxyl groups excluding tert-OH is 2. The molecule has 3 heterocycles. The van der Waals surface area contributed by atoms with Gasteiger partial charge in [-0.3, -0.25) is 23.5 Å². The third kappa shape index (κ3) is 5.89. The molecule has 0 aliphatic carbocycles. The Morgan fingerprint density at radius 3 is 2.38 bits per heavy atom. The lowest BCUT2D eigenvalue weighted by atomic mass is 10.1. The molecule has 20 nitrogen and oxygen atoms in total. The predicted octanol–water partition coefficient (Wildman–Crippen LogP) is -4.22. The number of methoxy groups -OCH3 is 1.